The van der Waals surface area contributed by atoms with Gasteiger partial charge in [-0.05, 0) is 85.9 Å². The SMILES string of the molecule is C=CC1=C(/C=C\C)C2(C3=C(C4=CC2C=CC=C4)C(N)c2c(C=C)cc(C)c4cccc3c24)c2ccccc21. The Morgan fingerprint density at radius 3 is 2.58 bits per heavy atom. The van der Waals surface area contributed by atoms with E-state index in [9.17, 15) is 0 Å². The lowest BCUT2D eigenvalue weighted by molar-refractivity contribution is 0.552. The van der Waals surface area contributed by atoms with E-state index < -0.39 is 5.41 Å². The van der Waals surface area contributed by atoms with Gasteiger partial charge in [0.15, 0.2) is 0 Å². The summed E-state index contributed by atoms with van der Waals surface area (Å²) in [6.45, 7) is 12.8. The Bertz CT molecular complexity index is 1780. The number of aryl methyl sites for hydroxylation is 1. The summed E-state index contributed by atoms with van der Waals surface area (Å²) in [5, 5.41) is 2.53. The molecule has 0 radical (unpaired) electrons. The molecule has 3 aromatic carbocycles. The summed E-state index contributed by atoms with van der Waals surface area (Å²) in [4.78, 5) is 0. The molecule has 0 saturated heterocycles. The van der Waals surface area contributed by atoms with Gasteiger partial charge in [0.1, 0.15) is 0 Å². The fourth-order valence-electron chi connectivity index (χ4n) is 7.67. The van der Waals surface area contributed by atoms with Crippen molar-refractivity contribution in [3.63, 3.8) is 0 Å². The van der Waals surface area contributed by atoms with E-state index in [0.29, 0.717) is 0 Å². The Morgan fingerprint density at radius 1 is 0.974 bits per heavy atom. The van der Waals surface area contributed by atoms with Crippen LogP contribution in [0.1, 0.15) is 46.3 Å². The molecule has 38 heavy (non-hydrogen) atoms. The van der Waals surface area contributed by atoms with E-state index in [2.05, 4.69) is 118 Å². The topological polar surface area (TPSA) is 26.0 Å². The number of allylic oxidation sites excluding steroid dienone is 11. The summed E-state index contributed by atoms with van der Waals surface area (Å²) >= 11 is 0. The Balaban J connectivity index is 1.74. The molecule has 0 heterocycles. The molecule has 0 aliphatic heterocycles. The fraction of sp³-hybridized carbons (Fsp3) is 0.135. The van der Waals surface area contributed by atoms with E-state index in [1.54, 1.807) is 0 Å². The van der Waals surface area contributed by atoms with Gasteiger partial charge in [0.05, 0.1) is 11.5 Å². The average molecular weight is 490 g/mol. The largest absolute Gasteiger partial charge is 0.320 e. The summed E-state index contributed by atoms with van der Waals surface area (Å²) < 4.78 is 0. The third-order valence-corrected chi connectivity index (χ3v) is 8.99. The average Bonchev–Trinajstić information content (AvgIpc) is 3.04. The van der Waals surface area contributed by atoms with Crippen molar-refractivity contribution in [2.45, 2.75) is 25.3 Å². The van der Waals surface area contributed by atoms with Gasteiger partial charge >= 0.3 is 0 Å². The van der Waals surface area contributed by atoms with Crippen LogP contribution in [0.15, 0.2) is 127 Å². The van der Waals surface area contributed by atoms with Crippen molar-refractivity contribution in [3.8, 4) is 0 Å². The van der Waals surface area contributed by atoms with Crippen LogP contribution in [0.3, 0.4) is 0 Å². The maximum Gasteiger partial charge on any atom is 0.0573 e. The lowest BCUT2D eigenvalue weighted by Crippen LogP contribution is -2.41. The third kappa shape index (κ3) is 2.64. The molecule has 0 saturated carbocycles. The van der Waals surface area contributed by atoms with Crippen molar-refractivity contribution in [1.82, 2.24) is 0 Å². The highest BCUT2D eigenvalue weighted by molar-refractivity contribution is 6.09. The third-order valence-electron chi connectivity index (χ3n) is 8.99. The molecule has 2 N–H and O–H groups in total. The highest BCUT2D eigenvalue weighted by Crippen LogP contribution is 2.65. The quantitative estimate of drug-likeness (QED) is 0.391. The molecule has 1 nitrogen and oxygen atoms in total. The van der Waals surface area contributed by atoms with E-state index in [1.165, 1.54) is 66.5 Å². The van der Waals surface area contributed by atoms with E-state index in [1.807, 2.05) is 12.2 Å². The lowest BCUT2D eigenvalue weighted by atomic mass is 9.54. The first-order chi connectivity index (χ1) is 18.6. The Kier molecular flexibility index (Phi) is 4.92. The minimum Gasteiger partial charge on any atom is -0.320 e. The Hall–Kier alpha value is -4.20. The summed E-state index contributed by atoms with van der Waals surface area (Å²) in [6, 6.07) is 17.6. The van der Waals surface area contributed by atoms with E-state index in [-0.39, 0.29) is 12.0 Å². The van der Waals surface area contributed by atoms with Crippen LogP contribution in [0.5, 0.6) is 0 Å². The molecule has 2 bridgehead atoms. The zero-order chi connectivity index (χ0) is 26.2. The first-order valence-corrected chi connectivity index (χ1v) is 13.4. The highest BCUT2D eigenvalue weighted by Gasteiger charge is 2.55. The smallest absolute Gasteiger partial charge is 0.0573 e. The number of hydrogen-bond acceptors (Lipinski definition) is 1. The van der Waals surface area contributed by atoms with Gasteiger partial charge in [-0.1, -0.05) is 116 Å². The molecule has 1 heteroatoms. The highest BCUT2D eigenvalue weighted by atomic mass is 14.7. The molecule has 0 fully saturated rings. The Morgan fingerprint density at radius 2 is 1.79 bits per heavy atom. The zero-order valence-electron chi connectivity index (χ0n) is 22.0. The molecule has 3 aromatic rings. The van der Waals surface area contributed by atoms with Gasteiger partial charge in [-0.15, -0.1) is 0 Å². The number of benzene rings is 3. The minimum absolute atomic E-state index is 0.128. The molecule has 0 aromatic heterocycles. The van der Waals surface area contributed by atoms with Crippen molar-refractivity contribution < 1.29 is 0 Å². The van der Waals surface area contributed by atoms with Crippen LogP contribution >= 0.6 is 0 Å². The van der Waals surface area contributed by atoms with E-state index in [0.717, 1.165) is 5.56 Å². The molecule has 3 atom stereocenters. The van der Waals surface area contributed by atoms with Gasteiger partial charge in [-0.3, -0.25) is 0 Å². The summed E-state index contributed by atoms with van der Waals surface area (Å²) in [7, 11) is 0. The monoisotopic (exact) mass is 489 g/mol. The van der Waals surface area contributed by atoms with Crippen molar-refractivity contribution in [3.05, 3.63) is 160 Å². The van der Waals surface area contributed by atoms with Gasteiger partial charge in [-0.25, -0.2) is 0 Å². The van der Waals surface area contributed by atoms with Crippen LogP contribution in [-0.2, 0) is 5.41 Å². The predicted molar refractivity (Wildman–Crippen MR) is 163 cm³/mol. The van der Waals surface area contributed by atoms with Crippen molar-refractivity contribution in [2.24, 2.45) is 11.7 Å². The molecule has 7 rings (SSSR count). The van der Waals surface area contributed by atoms with Crippen LogP contribution in [0.25, 0.3) is 28.0 Å². The number of hydrogen-bond donors (Lipinski definition) is 1. The second kappa shape index (κ2) is 8.15. The molecule has 4 aliphatic rings. The fourth-order valence-corrected chi connectivity index (χ4v) is 7.67. The molecule has 3 unspecified atom stereocenters. The molecular weight excluding hydrogens is 458 g/mol. The molecule has 184 valence electrons. The first-order valence-electron chi connectivity index (χ1n) is 13.4. The molecule has 0 amide bonds. The zero-order valence-corrected chi connectivity index (χ0v) is 22.0. The molecule has 1 spiro atoms. The van der Waals surface area contributed by atoms with Crippen molar-refractivity contribution in [1.29, 1.82) is 0 Å². The van der Waals surface area contributed by atoms with Crippen LogP contribution in [0.2, 0.25) is 0 Å². The molecular formula is C37H31N. The number of fused-ring (bicyclic) bond motifs is 7. The van der Waals surface area contributed by atoms with Gasteiger partial charge < -0.3 is 5.73 Å². The maximum atomic E-state index is 7.38. The maximum absolute atomic E-state index is 7.38. The van der Waals surface area contributed by atoms with Crippen molar-refractivity contribution in [2.75, 3.05) is 0 Å². The summed E-state index contributed by atoms with van der Waals surface area (Å²) in [6.07, 6.45) is 19.9. The van der Waals surface area contributed by atoms with Crippen molar-refractivity contribution >= 4 is 28.0 Å². The van der Waals surface area contributed by atoms with E-state index in [4.69, 9.17) is 5.73 Å². The van der Waals surface area contributed by atoms with Crippen LogP contribution in [0, 0.1) is 12.8 Å². The summed E-state index contributed by atoms with van der Waals surface area (Å²) in [5.41, 5.74) is 20.6. The predicted octanol–water partition coefficient (Wildman–Crippen LogP) is 8.71. The second-order valence-electron chi connectivity index (χ2n) is 10.7. The number of rotatable bonds is 3. The summed E-state index contributed by atoms with van der Waals surface area (Å²) in [5.74, 6) is 0.128. The Labute approximate surface area is 225 Å². The van der Waals surface area contributed by atoms with Crippen LogP contribution in [0.4, 0.5) is 0 Å². The second-order valence-corrected chi connectivity index (χ2v) is 10.7. The van der Waals surface area contributed by atoms with Gasteiger partial charge in [0.25, 0.3) is 0 Å². The first kappa shape index (κ1) is 23.0. The van der Waals surface area contributed by atoms with Crippen LogP contribution in [-0.4, -0.2) is 0 Å². The van der Waals surface area contributed by atoms with Crippen LogP contribution < -0.4 is 5.73 Å². The lowest BCUT2D eigenvalue weighted by Gasteiger charge is -2.48. The molecule has 4 aliphatic carbocycles. The van der Waals surface area contributed by atoms with Gasteiger partial charge in [0.2, 0.25) is 0 Å². The van der Waals surface area contributed by atoms with E-state index >= 15 is 0 Å². The standard InChI is InChI=1S/C37H31N/c1-5-13-30-26(7-3)28-16-10-11-19-31(28)37(30)25-15-9-8-14-24(21-25)33-35(37)29-18-12-17-27-22(4)20-23(6-2)32(34(27)29)36(33)38/h5-21,25,36H,2-3,38H2,1,4H3/b13-5-. The minimum atomic E-state index is -0.421. The van der Waals surface area contributed by atoms with Gasteiger partial charge in [-0.2, -0.15) is 0 Å². The number of nitrogens with two attached hydrogens (primary N) is 1. The normalized spacial score (nSPS) is 24.7. The van der Waals surface area contributed by atoms with Gasteiger partial charge in [0, 0.05) is 5.92 Å².